The SMILES string of the molecule is Cn1c(=O)n(CCN2CCN(c3ccc(N4CCS(=O)CC4)cc3F)CC2)c2nc(N)n3nc(-c4ccco4)nc3c21. The van der Waals surface area contributed by atoms with Gasteiger partial charge in [0.2, 0.25) is 11.8 Å². The summed E-state index contributed by atoms with van der Waals surface area (Å²) in [7, 11) is 0.914. The van der Waals surface area contributed by atoms with Crippen LogP contribution in [0.25, 0.3) is 28.4 Å². The molecule has 0 atom stereocenters. The predicted octanol–water partition coefficient (Wildman–Crippen LogP) is 1.15. The number of rotatable bonds is 6. The van der Waals surface area contributed by atoms with Gasteiger partial charge in [-0.05, 0) is 30.3 Å². The summed E-state index contributed by atoms with van der Waals surface area (Å²) >= 11 is 0. The van der Waals surface area contributed by atoms with E-state index in [1.807, 2.05) is 12.1 Å². The third-order valence-electron chi connectivity index (χ3n) is 8.15. The van der Waals surface area contributed by atoms with E-state index in [0.29, 0.717) is 84.9 Å². The summed E-state index contributed by atoms with van der Waals surface area (Å²) in [6, 6.07) is 8.89. The molecule has 0 spiro atoms. The van der Waals surface area contributed by atoms with E-state index in [1.165, 1.54) is 9.08 Å². The van der Waals surface area contributed by atoms with Gasteiger partial charge in [0.1, 0.15) is 11.3 Å². The molecule has 0 saturated carbocycles. The van der Waals surface area contributed by atoms with Crippen molar-refractivity contribution in [2.45, 2.75) is 6.54 Å². The third-order valence-corrected chi connectivity index (χ3v) is 9.42. The average Bonchev–Trinajstić information content (AvgIpc) is 3.73. The Bertz CT molecular complexity index is 1850. The third kappa shape index (κ3) is 4.61. The molecule has 4 aromatic heterocycles. The number of piperazine rings is 1. The zero-order chi connectivity index (χ0) is 29.0. The average molecular weight is 595 g/mol. The molecule has 0 bridgehead atoms. The van der Waals surface area contributed by atoms with Gasteiger partial charge in [-0.1, -0.05) is 0 Å². The molecule has 2 fully saturated rings. The number of nitrogens with two attached hydrogens (primary N) is 1. The molecule has 2 aliphatic heterocycles. The molecule has 6 heterocycles. The number of hydrogen-bond donors (Lipinski definition) is 1. The number of hydrogen-bond acceptors (Lipinski definition) is 10. The first-order valence-corrected chi connectivity index (χ1v) is 15.4. The Kier molecular flexibility index (Phi) is 6.69. The molecule has 7 rings (SSSR count). The van der Waals surface area contributed by atoms with Crippen LogP contribution in [0.2, 0.25) is 0 Å². The van der Waals surface area contributed by atoms with Crippen LogP contribution < -0.4 is 21.2 Å². The van der Waals surface area contributed by atoms with Crippen molar-refractivity contribution in [1.82, 2.24) is 33.6 Å². The summed E-state index contributed by atoms with van der Waals surface area (Å²) in [6.07, 6.45) is 1.54. The highest BCUT2D eigenvalue weighted by molar-refractivity contribution is 7.85. The minimum atomic E-state index is -0.771. The Morgan fingerprint density at radius 2 is 1.79 bits per heavy atom. The molecule has 2 saturated heterocycles. The normalized spacial score (nSPS) is 17.2. The van der Waals surface area contributed by atoms with Crippen LogP contribution in [0.1, 0.15) is 0 Å². The van der Waals surface area contributed by atoms with Crippen LogP contribution in [-0.4, -0.2) is 95.1 Å². The van der Waals surface area contributed by atoms with Crippen molar-refractivity contribution in [2.75, 3.05) is 72.9 Å². The monoisotopic (exact) mass is 594 g/mol. The summed E-state index contributed by atoms with van der Waals surface area (Å²) in [5, 5.41) is 4.42. The highest BCUT2D eigenvalue weighted by atomic mass is 32.2. The molecule has 0 amide bonds. The zero-order valence-corrected chi connectivity index (χ0v) is 24.0. The van der Waals surface area contributed by atoms with E-state index in [9.17, 15) is 9.00 Å². The maximum absolute atomic E-state index is 15.1. The van der Waals surface area contributed by atoms with Crippen molar-refractivity contribution in [1.29, 1.82) is 0 Å². The number of aromatic nitrogens is 6. The van der Waals surface area contributed by atoms with Crippen molar-refractivity contribution in [3.05, 3.63) is 52.9 Å². The number of nitrogens with zero attached hydrogens (tertiary/aromatic N) is 9. The molecule has 42 heavy (non-hydrogen) atoms. The first-order chi connectivity index (χ1) is 20.4. The van der Waals surface area contributed by atoms with Gasteiger partial charge in [-0.3, -0.25) is 18.2 Å². The molecule has 1 aromatic carbocycles. The fourth-order valence-corrected chi connectivity index (χ4v) is 6.85. The fraction of sp³-hybridized carbons (Fsp3) is 0.407. The lowest BCUT2D eigenvalue weighted by Crippen LogP contribution is -2.47. The number of benzene rings is 1. The van der Waals surface area contributed by atoms with E-state index < -0.39 is 10.8 Å². The molecule has 13 nitrogen and oxygen atoms in total. The summed E-state index contributed by atoms with van der Waals surface area (Å²) in [5.41, 5.74) is 8.87. The number of imidazole rings is 1. The fourth-order valence-electron chi connectivity index (χ4n) is 5.80. The van der Waals surface area contributed by atoms with Crippen LogP contribution in [0.15, 0.2) is 45.8 Å². The Morgan fingerprint density at radius 1 is 1.00 bits per heavy atom. The molecule has 2 N–H and O–H groups in total. The van der Waals surface area contributed by atoms with Gasteiger partial charge in [0.15, 0.2) is 17.1 Å². The van der Waals surface area contributed by atoms with E-state index in [1.54, 1.807) is 36.1 Å². The second kappa shape index (κ2) is 10.5. The van der Waals surface area contributed by atoms with Crippen LogP contribution >= 0.6 is 0 Å². The van der Waals surface area contributed by atoms with Gasteiger partial charge >= 0.3 is 5.69 Å². The van der Waals surface area contributed by atoms with Crippen LogP contribution in [0, 0.1) is 5.82 Å². The minimum Gasteiger partial charge on any atom is -0.461 e. The van der Waals surface area contributed by atoms with Gasteiger partial charge < -0.3 is 20.0 Å². The predicted molar refractivity (Wildman–Crippen MR) is 159 cm³/mol. The summed E-state index contributed by atoms with van der Waals surface area (Å²) < 4.78 is 36.8. The Balaban J connectivity index is 1.04. The van der Waals surface area contributed by atoms with E-state index in [-0.39, 0.29) is 17.5 Å². The number of furan rings is 1. The molecule has 0 radical (unpaired) electrons. The van der Waals surface area contributed by atoms with Crippen molar-refractivity contribution in [2.24, 2.45) is 7.05 Å². The Hall–Kier alpha value is -4.24. The van der Waals surface area contributed by atoms with E-state index in [0.717, 1.165) is 18.8 Å². The number of fused-ring (bicyclic) bond motifs is 3. The van der Waals surface area contributed by atoms with Crippen molar-refractivity contribution in [3.8, 4) is 11.6 Å². The van der Waals surface area contributed by atoms with Gasteiger partial charge in [0.25, 0.3) is 0 Å². The lowest BCUT2D eigenvalue weighted by molar-refractivity contribution is 0.247. The highest BCUT2D eigenvalue weighted by Crippen LogP contribution is 2.27. The van der Waals surface area contributed by atoms with E-state index in [4.69, 9.17) is 10.2 Å². The second-order valence-corrected chi connectivity index (χ2v) is 12.3. The second-order valence-electron chi connectivity index (χ2n) is 10.6. The van der Waals surface area contributed by atoms with E-state index >= 15 is 4.39 Å². The first-order valence-electron chi connectivity index (χ1n) is 13.9. The maximum Gasteiger partial charge on any atom is 0.330 e. The molecule has 0 unspecified atom stereocenters. The van der Waals surface area contributed by atoms with Crippen LogP contribution in [0.5, 0.6) is 0 Å². The molecule has 5 aromatic rings. The van der Waals surface area contributed by atoms with Crippen molar-refractivity contribution in [3.63, 3.8) is 0 Å². The largest absolute Gasteiger partial charge is 0.461 e. The molecular formula is C27H31FN10O3S. The Morgan fingerprint density at radius 3 is 2.50 bits per heavy atom. The number of anilines is 3. The van der Waals surface area contributed by atoms with Gasteiger partial charge in [-0.2, -0.15) is 9.50 Å². The smallest absolute Gasteiger partial charge is 0.330 e. The number of nitrogen functional groups attached to an aromatic ring is 1. The molecular weight excluding hydrogens is 563 g/mol. The van der Waals surface area contributed by atoms with Crippen LogP contribution in [-0.2, 0) is 24.4 Å². The molecule has 15 heteroatoms. The van der Waals surface area contributed by atoms with Crippen LogP contribution in [0.3, 0.4) is 0 Å². The quantitative estimate of drug-likeness (QED) is 0.305. The molecule has 220 valence electrons. The minimum absolute atomic E-state index is 0.124. The standard InChI is InChI=1S/C27H31FN10O3S/c1-33-22-24(31-26(29)38-25(22)30-23(32-38)21-3-2-14-41-21)37(27(33)39)11-8-34-6-9-36(10-7-34)20-5-4-18(17-19(20)28)35-12-15-42(40)16-13-35/h2-5,14,17H,6-13,15-16H2,1H3,(H2,29,31). The topological polar surface area (TPSA) is 136 Å². The van der Waals surface area contributed by atoms with Crippen LogP contribution in [0.4, 0.5) is 21.7 Å². The van der Waals surface area contributed by atoms with Crippen molar-refractivity contribution < 1.29 is 13.0 Å². The highest BCUT2D eigenvalue weighted by Gasteiger charge is 2.24. The van der Waals surface area contributed by atoms with Crippen molar-refractivity contribution >= 4 is 44.9 Å². The maximum atomic E-state index is 15.1. The molecule has 0 aliphatic carbocycles. The molecule has 2 aliphatic rings. The zero-order valence-electron chi connectivity index (χ0n) is 23.1. The van der Waals surface area contributed by atoms with Gasteiger partial charge in [-0.25, -0.2) is 14.2 Å². The lowest BCUT2D eigenvalue weighted by Gasteiger charge is -2.36. The number of aryl methyl sites for hydroxylation is 1. The first kappa shape index (κ1) is 26.6. The van der Waals surface area contributed by atoms with Gasteiger partial charge in [-0.15, -0.1) is 5.10 Å². The van der Waals surface area contributed by atoms with E-state index in [2.05, 4.69) is 29.8 Å². The number of halogens is 1. The lowest BCUT2D eigenvalue weighted by atomic mass is 10.2. The summed E-state index contributed by atoms with van der Waals surface area (Å²) in [5.74, 6) is 1.97. The summed E-state index contributed by atoms with van der Waals surface area (Å²) in [6.45, 7) is 5.21. The Labute approximate surface area is 242 Å². The summed E-state index contributed by atoms with van der Waals surface area (Å²) in [4.78, 5) is 28.8. The van der Waals surface area contributed by atoms with Gasteiger partial charge in [0, 0.05) is 87.4 Å². The van der Waals surface area contributed by atoms with Gasteiger partial charge in [0.05, 0.1) is 12.0 Å².